The number of carbonyl (C=O) groups is 2. The third kappa shape index (κ3) is 4.65. The average molecular weight is 284 g/mol. The van der Waals surface area contributed by atoms with Crippen LogP contribution in [0.25, 0.3) is 0 Å². The zero-order valence-electron chi connectivity index (χ0n) is 11.6. The van der Waals surface area contributed by atoms with Gasteiger partial charge in [-0.25, -0.2) is 4.79 Å². The number of rotatable bonds is 6. The van der Waals surface area contributed by atoms with Crippen molar-refractivity contribution >= 4 is 23.2 Å². The summed E-state index contributed by atoms with van der Waals surface area (Å²) in [5.41, 5.74) is 0. The molecule has 2 N–H and O–H groups in total. The van der Waals surface area contributed by atoms with Gasteiger partial charge in [0, 0.05) is 12.6 Å². The maximum atomic E-state index is 12.1. The Morgan fingerprint density at radius 2 is 1.89 bits per heavy atom. The van der Waals surface area contributed by atoms with E-state index in [1.165, 1.54) is 6.07 Å². The molecule has 0 saturated heterocycles. The van der Waals surface area contributed by atoms with E-state index in [1.807, 2.05) is 32.8 Å². The zero-order chi connectivity index (χ0) is 14.6. The van der Waals surface area contributed by atoms with E-state index >= 15 is 0 Å². The van der Waals surface area contributed by atoms with Crippen molar-refractivity contribution in [3.63, 3.8) is 0 Å². The van der Waals surface area contributed by atoms with Crippen LogP contribution in [-0.2, 0) is 0 Å². The fourth-order valence-corrected chi connectivity index (χ4v) is 2.38. The highest BCUT2D eigenvalue weighted by Crippen LogP contribution is 2.17. The Hall–Kier alpha value is -1.40. The second-order valence-electron chi connectivity index (χ2n) is 5.06. The molecule has 0 fully saturated rings. The fourth-order valence-electron chi connectivity index (χ4n) is 1.63. The molecule has 1 atom stereocenters. The van der Waals surface area contributed by atoms with Crippen LogP contribution in [0.2, 0.25) is 0 Å². The molecule has 5 nitrogen and oxygen atoms in total. The minimum absolute atomic E-state index is 0.0397. The van der Waals surface area contributed by atoms with E-state index in [4.69, 9.17) is 5.11 Å². The number of amides is 1. The van der Waals surface area contributed by atoms with E-state index in [2.05, 4.69) is 5.32 Å². The topological polar surface area (TPSA) is 69.6 Å². The first-order valence-electron chi connectivity index (χ1n) is 6.10. The Labute approximate surface area is 117 Å². The SMILES string of the molecule is CC(C)C(CN(C)C)NC(=O)c1ccc(C(=O)O)s1. The molecule has 1 unspecified atom stereocenters. The second kappa shape index (κ2) is 6.68. The largest absolute Gasteiger partial charge is 0.477 e. The molecule has 0 radical (unpaired) electrons. The highest BCUT2D eigenvalue weighted by Gasteiger charge is 2.19. The molecule has 0 aliphatic rings. The van der Waals surface area contributed by atoms with Gasteiger partial charge in [0.05, 0.1) is 4.88 Å². The van der Waals surface area contributed by atoms with E-state index in [0.29, 0.717) is 10.8 Å². The Kier molecular flexibility index (Phi) is 5.50. The summed E-state index contributed by atoms with van der Waals surface area (Å²) in [6.45, 7) is 4.84. The van der Waals surface area contributed by atoms with Gasteiger partial charge in [-0.1, -0.05) is 13.8 Å². The van der Waals surface area contributed by atoms with Crippen LogP contribution >= 0.6 is 11.3 Å². The first kappa shape index (κ1) is 15.7. The number of nitrogens with one attached hydrogen (secondary N) is 1. The van der Waals surface area contributed by atoms with Gasteiger partial charge in [-0.15, -0.1) is 11.3 Å². The van der Waals surface area contributed by atoms with Crippen LogP contribution in [0.15, 0.2) is 12.1 Å². The quantitative estimate of drug-likeness (QED) is 0.835. The van der Waals surface area contributed by atoms with Crippen LogP contribution in [-0.4, -0.2) is 48.6 Å². The minimum atomic E-state index is -1.00. The first-order chi connectivity index (χ1) is 8.81. The number of thiophene rings is 1. The summed E-state index contributed by atoms with van der Waals surface area (Å²) in [6.07, 6.45) is 0. The molecule has 0 spiro atoms. The Morgan fingerprint density at radius 1 is 1.32 bits per heavy atom. The molecule has 6 heteroatoms. The van der Waals surface area contributed by atoms with Gasteiger partial charge in [0.15, 0.2) is 0 Å². The summed E-state index contributed by atoms with van der Waals surface area (Å²) in [5, 5.41) is 11.8. The normalized spacial score (nSPS) is 12.7. The lowest BCUT2D eigenvalue weighted by molar-refractivity contribution is 0.0702. The molecular formula is C13H20N2O3S. The molecule has 0 aromatic carbocycles. The molecule has 1 rings (SSSR count). The van der Waals surface area contributed by atoms with Crippen molar-refractivity contribution in [1.82, 2.24) is 10.2 Å². The van der Waals surface area contributed by atoms with E-state index in [-0.39, 0.29) is 16.8 Å². The van der Waals surface area contributed by atoms with Crippen molar-refractivity contribution in [2.45, 2.75) is 19.9 Å². The summed E-state index contributed by atoms with van der Waals surface area (Å²) in [5.74, 6) is -0.902. The van der Waals surface area contributed by atoms with Gasteiger partial charge in [0.1, 0.15) is 4.88 Å². The monoisotopic (exact) mass is 284 g/mol. The van der Waals surface area contributed by atoms with Gasteiger partial charge in [0.25, 0.3) is 5.91 Å². The highest BCUT2D eigenvalue weighted by molar-refractivity contribution is 7.15. The van der Waals surface area contributed by atoms with Crippen molar-refractivity contribution < 1.29 is 14.7 Å². The van der Waals surface area contributed by atoms with Crippen LogP contribution in [0.1, 0.15) is 33.2 Å². The van der Waals surface area contributed by atoms with Crippen LogP contribution in [0.4, 0.5) is 0 Å². The number of carboxylic acid groups (broad SMARTS) is 1. The van der Waals surface area contributed by atoms with Gasteiger partial charge in [-0.05, 0) is 32.1 Å². The Morgan fingerprint density at radius 3 is 2.32 bits per heavy atom. The lowest BCUT2D eigenvalue weighted by Gasteiger charge is -2.25. The van der Waals surface area contributed by atoms with Crippen molar-refractivity contribution in [2.24, 2.45) is 5.92 Å². The van der Waals surface area contributed by atoms with Crippen LogP contribution in [0, 0.1) is 5.92 Å². The molecule has 0 aliphatic heterocycles. The molecule has 1 heterocycles. The molecule has 0 aliphatic carbocycles. The van der Waals surface area contributed by atoms with Crippen molar-refractivity contribution in [2.75, 3.05) is 20.6 Å². The van der Waals surface area contributed by atoms with Gasteiger partial charge in [-0.2, -0.15) is 0 Å². The van der Waals surface area contributed by atoms with Gasteiger partial charge >= 0.3 is 5.97 Å². The summed E-state index contributed by atoms with van der Waals surface area (Å²) >= 11 is 0.996. The van der Waals surface area contributed by atoms with E-state index in [1.54, 1.807) is 6.07 Å². The molecule has 106 valence electrons. The molecule has 1 aromatic heterocycles. The summed E-state index contributed by atoms with van der Waals surface area (Å²) in [7, 11) is 3.91. The number of hydrogen-bond acceptors (Lipinski definition) is 4. The number of aromatic carboxylic acids is 1. The van der Waals surface area contributed by atoms with E-state index in [0.717, 1.165) is 17.9 Å². The number of hydrogen-bond donors (Lipinski definition) is 2. The lowest BCUT2D eigenvalue weighted by atomic mass is 10.0. The molecule has 19 heavy (non-hydrogen) atoms. The smallest absolute Gasteiger partial charge is 0.345 e. The second-order valence-corrected chi connectivity index (χ2v) is 6.14. The third-order valence-electron chi connectivity index (χ3n) is 2.72. The minimum Gasteiger partial charge on any atom is -0.477 e. The van der Waals surface area contributed by atoms with Gasteiger partial charge in [-0.3, -0.25) is 4.79 Å². The van der Waals surface area contributed by atoms with Crippen molar-refractivity contribution in [3.05, 3.63) is 21.9 Å². The number of likely N-dealkylation sites (N-methyl/N-ethyl adjacent to an activating group) is 1. The van der Waals surface area contributed by atoms with Gasteiger partial charge < -0.3 is 15.3 Å². The third-order valence-corrected chi connectivity index (χ3v) is 3.80. The van der Waals surface area contributed by atoms with Gasteiger partial charge in [0.2, 0.25) is 0 Å². The number of carboxylic acids is 1. The highest BCUT2D eigenvalue weighted by atomic mass is 32.1. The summed E-state index contributed by atoms with van der Waals surface area (Å²) in [6, 6.07) is 3.05. The van der Waals surface area contributed by atoms with Crippen molar-refractivity contribution in [3.8, 4) is 0 Å². The fraction of sp³-hybridized carbons (Fsp3) is 0.538. The predicted molar refractivity (Wildman–Crippen MR) is 75.9 cm³/mol. The average Bonchev–Trinajstić information content (AvgIpc) is 2.76. The molecular weight excluding hydrogens is 264 g/mol. The number of carbonyl (C=O) groups excluding carboxylic acids is 1. The standard InChI is InChI=1S/C13H20N2O3S/c1-8(2)9(7-15(3)4)14-12(16)10-5-6-11(19-10)13(17)18/h5-6,8-9H,7H2,1-4H3,(H,14,16)(H,17,18). The predicted octanol–water partition coefficient (Wildman–Crippen LogP) is 1.76. The lowest BCUT2D eigenvalue weighted by Crippen LogP contribution is -2.44. The molecule has 1 aromatic rings. The van der Waals surface area contributed by atoms with E-state index < -0.39 is 5.97 Å². The Balaban J connectivity index is 2.73. The molecule has 1 amide bonds. The van der Waals surface area contributed by atoms with Crippen LogP contribution in [0.3, 0.4) is 0 Å². The van der Waals surface area contributed by atoms with E-state index in [9.17, 15) is 9.59 Å². The summed E-state index contributed by atoms with van der Waals surface area (Å²) in [4.78, 5) is 25.5. The maximum absolute atomic E-state index is 12.1. The maximum Gasteiger partial charge on any atom is 0.345 e. The van der Waals surface area contributed by atoms with Crippen molar-refractivity contribution in [1.29, 1.82) is 0 Å². The first-order valence-corrected chi connectivity index (χ1v) is 6.91. The molecule has 0 saturated carbocycles. The van der Waals surface area contributed by atoms with Crippen LogP contribution in [0.5, 0.6) is 0 Å². The molecule has 0 bridgehead atoms. The Bertz CT molecular complexity index is 454. The summed E-state index contributed by atoms with van der Waals surface area (Å²) < 4.78 is 0. The zero-order valence-corrected chi connectivity index (χ0v) is 12.5. The number of nitrogens with zero attached hydrogens (tertiary/aromatic N) is 1. The van der Waals surface area contributed by atoms with Crippen LogP contribution < -0.4 is 5.32 Å².